The van der Waals surface area contributed by atoms with Crippen LogP contribution in [0, 0.1) is 24.1 Å². The van der Waals surface area contributed by atoms with Crippen molar-refractivity contribution < 1.29 is 18.8 Å². The number of fused-ring (bicyclic) bond motifs is 1. The molecule has 4 amide bonds. The molecule has 2 heterocycles. The van der Waals surface area contributed by atoms with Crippen LogP contribution in [0.3, 0.4) is 0 Å². The highest BCUT2D eigenvalue weighted by Crippen LogP contribution is 2.35. The summed E-state index contributed by atoms with van der Waals surface area (Å²) in [6.07, 6.45) is 1.12. The van der Waals surface area contributed by atoms with Crippen LogP contribution in [-0.2, 0) is 6.54 Å². The lowest BCUT2D eigenvalue weighted by molar-refractivity contribution is 0.0933. The number of urea groups is 1. The molecule has 11 heteroatoms. The van der Waals surface area contributed by atoms with Gasteiger partial charge in [0.15, 0.2) is 0 Å². The second-order valence-electron chi connectivity index (χ2n) is 8.13. The first kappa shape index (κ1) is 24.3. The van der Waals surface area contributed by atoms with Gasteiger partial charge >= 0.3 is 6.03 Å². The number of nitrogens with zero attached hydrogens (tertiary/aromatic N) is 4. The second-order valence-corrected chi connectivity index (χ2v) is 8.13. The number of halogens is 1. The summed E-state index contributed by atoms with van der Waals surface area (Å²) >= 11 is 0. The SMILES string of the molecule is CNC(=O)N1C[C@@H](NC(=O)c2cc(C(=O)NCc3ccc(F)c(C)c3)ncn2)c2ccc(C#N)cc21. The number of anilines is 1. The monoisotopic (exact) mass is 487 g/mol. The average molecular weight is 487 g/mol. The number of amides is 4. The molecule has 1 aliphatic heterocycles. The van der Waals surface area contributed by atoms with Gasteiger partial charge in [-0.2, -0.15) is 5.26 Å². The first-order chi connectivity index (χ1) is 17.3. The number of carbonyl (C=O) groups is 3. The van der Waals surface area contributed by atoms with Gasteiger partial charge in [-0.25, -0.2) is 19.2 Å². The molecule has 0 aliphatic carbocycles. The molecule has 2 aromatic carbocycles. The Bertz CT molecular complexity index is 1400. The molecular formula is C25H22FN7O3. The van der Waals surface area contributed by atoms with Gasteiger partial charge in [0.1, 0.15) is 23.5 Å². The van der Waals surface area contributed by atoms with E-state index in [1.807, 2.05) is 6.07 Å². The van der Waals surface area contributed by atoms with E-state index in [0.29, 0.717) is 22.4 Å². The van der Waals surface area contributed by atoms with Gasteiger partial charge in [0.05, 0.1) is 29.9 Å². The summed E-state index contributed by atoms with van der Waals surface area (Å²) in [6.45, 7) is 1.95. The molecule has 3 N–H and O–H groups in total. The summed E-state index contributed by atoms with van der Waals surface area (Å²) in [6, 6.07) is 11.8. The predicted octanol–water partition coefficient (Wildman–Crippen LogP) is 2.36. The van der Waals surface area contributed by atoms with E-state index in [-0.39, 0.29) is 36.3 Å². The van der Waals surface area contributed by atoms with Gasteiger partial charge in [-0.3, -0.25) is 14.5 Å². The molecule has 1 aromatic heterocycles. The van der Waals surface area contributed by atoms with Gasteiger partial charge in [-0.05, 0) is 36.2 Å². The zero-order chi connectivity index (χ0) is 25.8. The van der Waals surface area contributed by atoms with Crippen molar-refractivity contribution in [2.45, 2.75) is 19.5 Å². The molecule has 0 unspecified atom stereocenters. The van der Waals surface area contributed by atoms with E-state index < -0.39 is 17.9 Å². The normalized spacial score (nSPS) is 13.9. The van der Waals surface area contributed by atoms with Gasteiger partial charge < -0.3 is 16.0 Å². The summed E-state index contributed by atoms with van der Waals surface area (Å²) in [5.41, 5.74) is 2.74. The van der Waals surface area contributed by atoms with Crippen molar-refractivity contribution >= 4 is 23.5 Å². The van der Waals surface area contributed by atoms with Gasteiger partial charge in [0, 0.05) is 25.2 Å². The molecule has 182 valence electrons. The molecule has 3 aromatic rings. The lowest BCUT2D eigenvalue weighted by atomic mass is 10.1. The molecule has 10 nitrogen and oxygen atoms in total. The molecule has 0 bridgehead atoms. The van der Waals surface area contributed by atoms with Gasteiger partial charge in [0.25, 0.3) is 11.8 Å². The van der Waals surface area contributed by atoms with E-state index in [1.165, 1.54) is 24.1 Å². The van der Waals surface area contributed by atoms with Crippen LogP contribution in [0.25, 0.3) is 0 Å². The summed E-state index contributed by atoms with van der Waals surface area (Å²) in [5.74, 6) is -1.40. The van der Waals surface area contributed by atoms with Crippen molar-refractivity contribution in [3.63, 3.8) is 0 Å². The van der Waals surface area contributed by atoms with Crippen LogP contribution < -0.4 is 20.9 Å². The molecular weight excluding hydrogens is 465 g/mol. The lowest BCUT2D eigenvalue weighted by Crippen LogP contribution is -2.40. The number of benzene rings is 2. The minimum absolute atomic E-state index is 0.00791. The Balaban J connectivity index is 1.47. The van der Waals surface area contributed by atoms with E-state index in [9.17, 15) is 24.0 Å². The number of aryl methyl sites for hydroxylation is 1. The first-order valence-electron chi connectivity index (χ1n) is 11.0. The quantitative estimate of drug-likeness (QED) is 0.505. The van der Waals surface area contributed by atoms with E-state index in [0.717, 1.165) is 11.9 Å². The predicted molar refractivity (Wildman–Crippen MR) is 128 cm³/mol. The molecule has 4 rings (SSSR count). The maximum absolute atomic E-state index is 13.4. The summed E-state index contributed by atoms with van der Waals surface area (Å²) in [7, 11) is 1.49. The highest BCUT2D eigenvalue weighted by atomic mass is 19.1. The third-order valence-electron chi connectivity index (χ3n) is 5.76. The number of carbonyl (C=O) groups excluding carboxylic acids is 3. The van der Waals surface area contributed by atoms with Crippen molar-refractivity contribution in [1.82, 2.24) is 25.9 Å². The number of aromatic nitrogens is 2. The van der Waals surface area contributed by atoms with E-state index in [2.05, 4.69) is 25.9 Å². The molecule has 0 saturated heterocycles. The summed E-state index contributed by atoms with van der Waals surface area (Å²) in [5, 5.41) is 17.3. The van der Waals surface area contributed by atoms with Crippen molar-refractivity contribution in [3.05, 3.63) is 88.3 Å². The number of hydrogen-bond acceptors (Lipinski definition) is 6. The third-order valence-corrected chi connectivity index (χ3v) is 5.76. The number of nitrogens with one attached hydrogen (secondary N) is 3. The first-order valence-corrected chi connectivity index (χ1v) is 11.0. The highest BCUT2D eigenvalue weighted by molar-refractivity contribution is 5.98. The van der Waals surface area contributed by atoms with Crippen LogP contribution in [0.1, 0.15) is 49.3 Å². The van der Waals surface area contributed by atoms with Crippen molar-refractivity contribution in [2.24, 2.45) is 0 Å². The van der Waals surface area contributed by atoms with Gasteiger partial charge in [-0.1, -0.05) is 18.2 Å². The van der Waals surface area contributed by atoms with Crippen molar-refractivity contribution in [2.75, 3.05) is 18.5 Å². The van der Waals surface area contributed by atoms with E-state index in [4.69, 9.17) is 0 Å². The van der Waals surface area contributed by atoms with Crippen LogP contribution in [0.5, 0.6) is 0 Å². The largest absolute Gasteiger partial charge is 0.347 e. The summed E-state index contributed by atoms with van der Waals surface area (Å²) < 4.78 is 13.4. The fraction of sp³-hybridized carbons (Fsp3) is 0.200. The fourth-order valence-corrected chi connectivity index (χ4v) is 3.90. The Morgan fingerprint density at radius 1 is 1.11 bits per heavy atom. The molecule has 1 aliphatic rings. The minimum Gasteiger partial charge on any atom is -0.347 e. The van der Waals surface area contributed by atoms with Crippen LogP contribution in [0.2, 0.25) is 0 Å². The number of hydrogen-bond donors (Lipinski definition) is 3. The molecule has 0 spiro atoms. The Hall–Kier alpha value is -4.85. The maximum atomic E-state index is 13.4. The van der Waals surface area contributed by atoms with Gasteiger partial charge in [-0.15, -0.1) is 0 Å². The Morgan fingerprint density at radius 3 is 2.56 bits per heavy atom. The van der Waals surface area contributed by atoms with Crippen molar-refractivity contribution in [3.8, 4) is 6.07 Å². The van der Waals surface area contributed by atoms with Crippen LogP contribution in [0.4, 0.5) is 14.9 Å². The van der Waals surface area contributed by atoms with E-state index >= 15 is 0 Å². The van der Waals surface area contributed by atoms with Crippen LogP contribution in [0.15, 0.2) is 48.8 Å². The zero-order valence-electron chi connectivity index (χ0n) is 19.5. The second kappa shape index (κ2) is 10.2. The highest BCUT2D eigenvalue weighted by Gasteiger charge is 2.33. The summed E-state index contributed by atoms with van der Waals surface area (Å²) in [4.78, 5) is 47.2. The van der Waals surface area contributed by atoms with Crippen LogP contribution in [-0.4, -0.2) is 41.4 Å². The van der Waals surface area contributed by atoms with Gasteiger partial charge in [0.2, 0.25) is 0 Å². The average Bonchev–Trinajstić information content (AvgIpc) is 3.26. The van der Waals surface area contributed by atoms with Crippen LogP contribution >= 0.6 is 0 Å². The Labute approximate surface area is 206 Å². The van der Waals surface area contributed by atoms with E-state index in [1.54, 1.807) is 37.3 Å². The molecule has 0 radical (unpaired) electrons. The van der Waals surface area contributed by atoms with Crippen molar-refractivity contribution in [1.29, 1.82) is 5.26 Å². The Kier molecular flexibility index (Phi) is 6.87. The molecule has 36 heavy (non-hydrogen) atoms. The molecule has 1 atom stereocenters. The molecule has 0 fully saturated rings. The number of rotatable bonds is 5. The third kappa shape index (κ3) is 4.97. The topological polar surface area (TPSA) is 140 Å². The lowest BCUT2D eigenvalue weighted by Gasteiger charge is -2.17. The fourth-order valence-electron chi connectivity index (χ4n) is 3.90. The maximum Gasteiger partial charge on any atom is 0.321 e. The Morgan fingerprint density at radius 2 is 1.86 bits per heavy atom. The molecule has 0 saturated carbocycles. The standard InChI is InChI=1S/C25H22FN7O3/c1-14-7-16(4-6-18(14)26)11-29-23(34)19-9-20(31-13-30-19)24(35)32-21-12-33(25(36)28-2)22-8-15(10-27)3-5-17(21)22/h3-9,13,21H,11-12H2,1-2H3,(H,28,36)(H,29,34)(H,32,35)/t21-/m1/s1. The zero-order valence-corrected chi connectivity index (χ0v) is 19.5. The smallest absolute Gasteiger partial charge is 0.321 e. The number of nitriles is 1. The minimum atomic E-state index is -0.556.